The Kier molecular flexibility index (Phi) is 4.67. The maximum atomic E-state index is 12.9. The van der Waals surface area contributed by atoms with E-state index >= 15 is 0 Å². The van der Waals surface area contributed by atoms with Crippen molar-refractivity contribution < 1.29 is 17.9 Å². The van der Waals surface area contributed by atoms with Crippen LogP contribution in [0.15, 0.2) is 47.4 Å². The number of nitrogen functional groups attached to an aromatic ring is 1. The van der Waals surface area contributed by atoms with Gasteiger partial charge in [-0.05, 0) is 29.8 Å². The zero-order valence-electron chi connectivity index (χ0n) is 11.3. The number of thioether (sulfide) groups is 1. The molecule has 0 radical (unpaired) electrons. The molecular weight excluding hydrogens is 299 g/mol. The van der Waals surface area contributed by atoms with E-state index in [4.69, 9.17) is 10.5 Å². The lowest BCUT2D eigenvalue weighted by atomic mass is 10.1. The van der Waals surface area contributed by atoms with Crippen molar-refractivity contribution in [3.05, 3.63) is 53.6 Å². The molecule has 0 saturated carbocycles. The van der Waals surface area contributed by atoms with E-state index in [0.717, 1.165) is 6.07 Å². The van der Waals surface area contributed by atoms with Crippen LogP contribution in [0.4, 0.5) is 18.9 Å². The second kappa shape index (κ2) is 6.30. The first-order chi connectivity index (χ1) is 9.91. The van der Waals surface area contributed by atoms with Crippen LogP contribution in [0.1, 0.15) is 11.1 Å². The first kappa shape index (κ1) is 15.6. The minimum Gasteiger partial charge on any atom is -0.497 e. The number of hydrogen-bond donors (Lipinski definition) is 1. The molecule has 0 amide bonds. The fourth-order valence-electron chi connectivity index (χ4n) is 1.84. The van der Waals surface area contributed by atoms with Gasteiger partial charge in [-0.15, -0.1) is 11.8 Å². The molecule has 112 valence electrons. The van der Waals surface area contributed by atoms with E-state index in [9.17, 15) is 13.2 Å². The second-order valence-corrected chi connectivity index (χ2v) is 5.36. The van der Waals surface area contributed by atoms with Crippen molar-refractivity contribution in [2.75, 3.05) is 12.8 Å². The molecule has 0 heterocycles. The molecule has 0 aliphatic carbocycles. The number of alkyl halides is 3. The Hall–Kier alpha value is -1.82. The van der Waals surface area contributed by atoms with Crippen molar-refractivity contribution in [3.63, 3.8) is 0 Å². The summed E-state index contributed by atoms with van der Waals surface area (Å²) in [6, 6.07) is 10.7. The molecule has 21 heavy (non-hydrogen) atoms. The lowest BCUT2D eigenvalue weighted by molar-refractivity contribution is -0.138. The molecule has 0 aromatic heterocycles. The van der Waals surface area contributed by atoms with Crippen LogP contribution >= 0.6 is 11.8 Å². The van der Waals surface area contributed by atoms with Gasteiger partial charge >= 0.3 is 6.18 Å². The highest BCUT2D eigenvalue weighted by Crippen LogP contribution is 2.36. The van der Waals surface area contributed by atoms with E-state index in [-0.39, 0.29) is 11.3 Å². The predicted octanol–water partition coefficient (Wildman–Crippen LogP) is 4.59. The lowest BCUT2D eigenvalue weighted by Crippen LogP contribution is -2.08. The van der Waals surface area contributed by atoms with E-state index in [1.54, 1.807) is 24.3 Å². The smallest absolute Gasteiger partial charge is 0.416 e. The van der Waals surface area contributed by atoms with Crippen molar-refractivity contribution >= 4 is 17.4 Å². The van der Waals surface area contributed by atoms with Gasteiger partial charge in [0.1, 0.15) is 5.75 Å². The van der Waals surface area contributed by atoms with E-state index in [1.165, 1.54) is 31.0 Å². The number of nitrogens with two attached hydrogens (primary N) is 1. The Morgan fingerprint density at radius 2 is 1.86 bits per heavy atom. The summed E-state index contributed by atoms with van der Waals surface area (Å²) in [6.45, 7) is 0. The third kappa shape index (κ3) is 3.85. The highest BCUT2D eigenvalue weighted by atomic mass is 32.2. The van der Waals surface area contributed by atoms with Gasteiger partial charge in [-0.25, -0.2) is 0 Å². The summed E-state index contributed by atoms with van der Waals surface area (Å²) in [5, 5.41) is 0. The predicted molar refractivity (Wildman–Crippen MR) is 78.4 cm³/mol. The van der Waals surface area contributed by atoms with Gasteiger partial charge in [0.25, 0.3) is 0 Å². The molecular formula is C15H14F3NOS. The fraction of sp³-hybridized carbons (Fsp3) is 0.200. The zero-order valence-corrected chi connectivity index (χ0v) is 12.1. The zero-order chi connectivity index (χ0) is 15.5. The molecule has 6 heteroatoms. The van der Waals surface area contributed by atoms with Gasteiger partial charge in [-0.3, -0.25) is 0 Å². The largest absolute Gasteiger partial charge is 0.497 e. The van der Waals surface area contributed by atoms with Gasteiger partial charge in [0.15, 0.2) is 0 Å². The van der Waals surface area contributed by atoms with Gasteiger partial charge in [0, 0.05) is 16.3 Å². The third-order valence-electron chi connectivity index (χ3n) is 2.93. The quantitative estimate of drug-likeness (QED) is 0.662. The molecule has 2 aromatic rings. The maximum absolute atomic E-state index is 12.9. The normalized spacial score (nSPS) is 11.4. The average Bonchev–Trinajstić information content (AvgIpc) is 2.46. The number of hydrogen-bond acceptors (Lipinski definition) is 3. The van der Waals surface area contributed by atoms with E-state index in [0.29, 0.717) is 16.3 Å². The van der Waals surface area contributed by atoms with Crippen molar-refractivity contribution in [1.29, 1.82) is 0 Å². The molecule has 0 aliphatic rings. The first-order valence-corrected chi connectivity index (χ1v) is 7.12. The minimum atomic E-state index is -4.35. The Labute approximate surface area is 125 Å². The summed E-state index contributed by atoms with van der Waals surface area (Å²) in [6.07, 6.45) is -4.35. The Morgan fingerprint density at radius 3 is 2.52 bits per heavy atom. The number of ether oxygens (including phenoxy) is 1. The fourth-order valence-corrected chi connectivity index (χ4v) is 2.84. The summed E-state index contributed by atoms with van der Waals surface area (Å²) < 4.78 is 43.8. The molecule has 2 rings (SSSR count). The van der Waals surface area contributed by atoms with Crippen LogP contribution in [-0.4, -0.2) is 7.11 Å². The summed E-state index contributed by atoms with van der Waals surface area (Å²) in [4.78, 5) is 0.700. The summed E-state index contributed by atoms with van der Waals surface area (Å²) >= 11 is 1.25. The van der Waals surface area contributed by atoms with Crippen LogP contribution in [0, 0.1) is 0 Å². The van der Waals surface area contributed by atoms with Crippen molar-refractivity contribution in [3.8, 4) is 5.75 Å². The van der Waals surface area contributed by atoms with Crippen molar-refractivity contribution in [2.24, 2.45) is 0 Å². The number of rotatable bonds is 4. The summed E-state index contributed by atoms with van der Waals surface area (Å²) in [7, 11) is 1.53. The number of halogens is 3. The van der Waals surface area contributed by atoms with Crippen molar-refractivity contribution in [1.82, 2.24) is 0 Å². The topological polar surface area (TPSA) is 35.2 Å². The average molecular weight is 313 g/mol. The molecule has 0 saturated heterocycles. The molecule has 0 fully saturated rings. The number of benzene rings is 2. The Bertz CT molecular complexity index is 629. The SMILES string of the molecule is COc1ccc(N)c(SCc2ccccc2C(F)(F)F)c1. The lowest BCUT2D eigenvalue weighted by Gasteiger charge is -2.13. The standard InChI is InChI=1S/C15H14F3NOS/c1-20-11-6-7-13(19)14(8-11)21-9-10-4-2-3-5-12(10)15(16,17)18/h2-8H,9,19H2,1H3. The molecule has 0 unspecified atom stereocenters. The molecule has 2 nitrogen and oxygen atoms in total. The van der Waals surface area contributed by atoms with Gasteiger partial charge < -0.3 is 10.5 Å². The van der Waals surface area contributed by atoms with Gasteiger partial charge in [-0.1, -0.05) is 18.2 Å². The molecule has 2 N–H and O–H groups in total. The van der Waals surface area contributed by atoms with Gasteiger partial charge in [0.05, 0.1) is 12.7 Å². The van der Waals surface area contributed by atoms with Gasteiger partial charge in [-0.2, -0.15) is 13.2 Å². The first-order valence-electron chi connectivity index (χ1n) is 6.13. The molecule has 0 atom stereocenters. The van der Waals surface area contributed by atoms with Crippen molar-refractivity contribution in [2.45, 2.75) is 16.8 Å². The van der Waals surface area contributed by atoms with E-state index < -0.39 is 11.7 Å². The van der Waals surface area contributed by atoms with Crippen LogP contribution in [0.25, 0.3) is 0 Å². The minimum absolute atomic E-state index is 0.188. The van der Waals surface area contributed by atoms with E-state index in [2.05, 4.69) is 0 Å². The second-order valence-electron chi connectivity index (χ2n) is 4.35. The molecule has 0 spiro atoms. The molecule has 2 aromatic carbocycles. The number of anilines is 1. The van der Waals surface area contributed by atoms with Crippen LogP contribution in [0.2, 0.25) is 0 Å². The summed E-state index contributed by atoms with van der Waals surface area (Å²) in [5.74, 6) is 0.809. The van der Waals surface area contributed by atoms with Crippen LogP contribution < -0.4 is 10.5 Å². The maximum Gasteiger partial charge on any atom is 0.416 e. The highest BCUT2D eigenvalue weighted by molar-refractivity contribution is 7.98. The monoisotopic (exact) mass is 313 g/mol. The van der Waals surface area contributed by atoms with Gasteiger partial charge in [0.2, 0.25) is 0 Å². The van der Waals surface area contributed by atoms with Crippen LogP contribution in [-0.2, 0) is 11.9 Å². The summed E-state index contributed by atoms with van der Waals surface area (Å²) in [5.41, 5.74) is 5.97. The molecule has 0 bridgehead atoms. The van der Waals surface area contributed by atoms with E-state index in [1.807, 2.05) is 0 Å². The third-order valence-corrected chi connectivity index (χ3v) is 4.05. The Morgan fingerprint density at radius 1 is 1.14 bits per heavy atom. The highest BCUT2D eigenvalue weighted by Gasteiger charge is 2.32. The Balaban J connectivity index is 2.21. The number of methoxy groups -OCH3 is 1. The van der Waals surface area contributed by atoms with Crippen LogP contribution in [0.3, 0.4) is 0 Å². The molecule has 0 aliphatic heterocycles. The van der Waals surface area contributed by atoms with Crippen LogP contribution in [0.5, 0.6) is 5.75 Å².